The summed E-state index contributed by atoms with van der Waals surface area (Å²) in [4.78, 5) is 20.3. The fraction of sp³-hybridized carbons (Fsp3) is 0.762. The first-order valence-electron chi connectivity index (χ1n) is 9.93. The minimum Gasteiger partial charge on any atom is -0.391 e. The van der Waals surface area contributed by atoms with Crippen molar-refractivity contribution in [3.63, 3.8) is 0 Å². The number of amides is 1. The minimum atomic E-state index is -0.516. The van der Waals surface area contributed by atoms with Gasteiger partial charge in [-0.15, -0.1) is 0 Å². The number of β-amino-alcohol motifs (C(OH)–C–C–N with tert-alkyl or cyclic N) is 1. The summed E-state index contributed by atoms with van der Waals surface area (Å²) in [5, 5.41) is 14.3. The molecule has 6 nitrogen and oxygen atoms in total. The van der Waals surface area contributed by atoms with E-state index in [0.717, 1.165) is 17.8 Å². The molecule has 0 bridgehead atoms. The molecule has 1 aromatic heterocycles. The normalized spacial score (nSPS) is 27.9. The van der Waals surface area contributed by atoms with Crippen molar-refractivity contribution < 1.29 is 14.4 Å². The van der Waals surface area contributed by atoms with E-state index < -0.39 is 12.0 Å². The predicted octanol–water partition coefficient (Wildman–Crippen LogP) is 3.33. The maximum Gasteiger partial charge on any atom is 0.234 e. The first-order valence-corrected chi connectivity index (χ1v) is 9.93. The highest BCUT2D eigenvalue weighted by molar-refractivity contribution is 5.97. The van der Waals surface area contributed by atoms with Crippen LogP contribution in [0.3, 0.4) is 0 Å². The second-order valence-electron chi connectivity index (χ2n) is 9.71. The van der Waals surface area contributed by atoms with E-state index in [1.165, 1.54) is 0 Å². The molecule has 6 heteroatoms. The fourth-order valence-corrected chi connectivity index (χ4v) is 4.23. The standard InChI is InChI=1S/C21H33N3O3/c1-12(2)18(17-8-13(3)23-27-17)19(26)24-11-14(25)9-16(24)15-10-20(4,5)21(6,7)22-15/h8,12,14,16,18,25H,9-11H2,1-7H3/t14-,16-,18-/m1/s1. The Morgan fingerprint density at radius 3 is 2.48 bits per heavy atom. The summed E-state index contributed by atoms with van der Waals surface area (Å²) in [6, 6.07) is 1.70. The maximum absolute atomic E-state index is 13.5. The Bertz CT molecular complexity index is 748. The Morgan fingerprint density at radius 1 is 1.33 bits per heavy atom. The van der Waals surface area contributed by atoms with E-state index in [1.54, 1.807) is 0 Å². The van der Waals surface area contributed by atoms with Gasteiger partial charge in [0.05, 0.1) is 23.4 Å². The third-order valence-electron chi connectivity index (χ3n) is 6.53. The molecule has 1 fully saturated rings. The van der Waals surface area contributed by atoms with Crippen molar-refractivity contribution in [3.8, 4) is 0 Å². The van der Waals surface area contributed by atoms with Crippen molar-refractivity contribution in [2.45, 2.75) is 84.9 Å². The molecular formula is C21H33N3O3. The van der Waals surface area contributed by atoms with Crippen LogP contribution in [-0.4, -0.2) is 51.0 Å². The molecule has 0 unspecified atom stereocenters. The van der Waals surface area contributed by atoms with Crippen molar-refractivity contribution in [3.05, 3.63) is 17.5 Å². The average Bonchev–Trinajstić information content (AvgIpc) is 3.16. The highest BCUT2D eigenvalue weighted by Gasteiger charge is 2.49. The monoisotopic (exact) mass is 375 g/mol. The molecule has 2 aliphatic heterocycles. The van der Waals surface area contributed by atoms with Gasteiger partial charge in [-0.3, -0.25) is 9.79 Å². The van der Waals surface area contributed by atoms with Crippen LogP contribution >= 0.6 is 0 Å². The van der Waals surface area contributed by atoms with E-state index in [1.807, 2.05) is 31.7 Å². The summed E-state index contributed by atoms with van der Waals surface area (Å²) in [6.07, 6.45) is 0.879. The Labute approximate surface area is 162 Å². The van der Waals surface area contributed by atoms with E-state index in [2.05, 4.69) is 32.9 Å². The molecule has 0 spiro atoms. The number of nitrogens with zero attached hydrogens (tertiary/aromatic N) is 3. The molecule has 0 radical (unpaired) electrons. The zero-order valence-electron chi connectivity index (χ0n) is 17.6. The number of carbonyl (C=O) groups excluding carboxylic acids is 1. The van der Waals surface area contributed by atoms with E-state index in [-0.39, 0.29) is 28.8 Å². The average molecular weight is 376 g/mol. The SMILES string of the molecule is Cc1cc([C@H](C(=O)N2C[C@H](O)C[C@@H]2C2=NC(C)(C)C(C)(C)C2)C(C)C)on1. The zero-order valence-corrected chi connectivity index (χ0v) is 17.6. The summed E-state index contributed by atoms with van der Waals surface area (Å²) >= 11 is 0. The number of hydrogen-bond donors (Lipinski definition) is 1. The number of aliphatic imine (C=N–C) groups is 1. The van der Waals surface area contributed by atoms with Gasteiger partial charge in [0.15, 0.2) is 0 Å². The lowest BCUT2D eigenvalue weighted by molar-refractivity contribution is -0.134. The van der Waals surface area contributed by atoms with Crippen LogP contribution in [0.15, 0.2) is 15.6 Å². The van der Waals surface area contributed by atoms with Gasteiger partial charge in [0.1, 0.15) is 11.7 Å². The molecule has 1 aromatic rings. The van der Waals surface area contributed by atoms with Crippen LogP contribution in [0.1, 0.15) is 71.8 Å². The summed E-state index contributed by atoms with van der Waals surface area (Å²) in [7, 11) is 0. The third kappa shape index (κ3) is 3.56. The minimum absolute atomic E-state index is 0.00656. The largest absolute Gasteiger partial charge is 0.391 e. The molecule has 2 aliphatic rings. The lowest BCUT2D eigenvalue weighted by Crippen LogP contribution is -2.44. The number of aliphatic hydroxyl groups is 1. The fourth-order valence-electron chi connectivity index (χ4n) is 4.23. The van der Waals surface area contributed by atoms with Crippen LogP contribution in [0.5, 0.6) is 0 Å². The van der Waals surface area contributed by atoms with E-state index in [9.17, 15) is 9.90 Å². The molecule has 150 valence electrons. The maximum atomic E-state index is 13.5. The molecule has 0 aromatic carbocycles. The first kappa shape index (κ1) is 20.1. The van der Waals surface area contributed by atoms with Crippen LogP contribution in [0, 0.1) is 18.3 Å². The van der Waals surface area contributed by atoms with Crippen molar-refractivity contribution in [1.82, 2.24) is 10.1 Å². The van der Waals surface area contributed by atoms with Crippen LogP contribution < -0.4 is 0 Å². The molecule has 1 amide bonds. The molecule has 3 heterocycles. The van der Waals surface area contributed by atoms with Gasteiger partial charge in [-0.25, -0.2) is 0 Å². The number of aromatic nitrogens is 1. The summed E-state index contributed by atoms with van der Waals surface area (Å²) in [5.41, 5.74) is 1.66. The van der Waals surface area contributed by atoms with Crippen LogP contribution in [0.25, 0.3) is 0 Å². The van der Waals surface area contributed by atoms with Gasteiger partial charge in [-0.05, 0) is 38.5 Å². The summed E-state index contributed by atoms with van der Waals surface area (Å²) in [6.45, 7) is 15.0. The summed E-state index contributed by atoms with van der Waals surface area (Å²) in [5.74, 6) is 0.262. The number of rotatable bonds is 4. The number of carbonyl (C=O) groups is 1. The number of hydrogen-bond acceptors (Lipinski definition) is 5. The van der Waals surface area contributed by atoms with Gasteiger partial charge < -0.3 is 14.5 Å². The van der Waals surface area contributed by atoms with Crippen LogP contribution in [-0.2, 0) is 4.79 Å². The number of likely N-dealkylation sites (tertiary alicyclic amines) is 1. The number of aliphatic hydroxyl groups excluding tert-OH is 1. The number of aryl methyl sites for hydroxylation is 1. The van der Waals surface area contributed by atoms with Gasteiger partial charge in [-0.1, -0.05) is 32.9 Å². The predicted molar refractivity (Wildman–Crippen MR) is 105 cm³/mol. The van der Waals surface area contributed by atoms with Crippen molar-refractivity contribution in [1.29, 1.82) is 0 Å². The lowest BCUT2D eigenvalue weighted by atomic mass is 9.74. The second-order valence-corrected chi connectivity index (χ2v) is 9.71. The highest BCUT2D eigenvalue weighted by Crippen LogP contribution is 2.45. The Balaban J connectivity index is 1.91. The van der Waals surface area contributed by atoms with Crippen molar-refractivity contribution >= 4 is 11.6 Å². The van der Waals surface area contributed by atoms with Gasteiger partial charge in [-0.2, -0.15) is 0 Å². The van der Waals surface area contributed by atoms with Gasteiger partial charge in [0.2, 0.25) is 5.91 Å². The third-order valence-corrected chi connectivity index (χ3v) is 6.53. The second kappa shape index (κ2) is 6.73. The van der Waals surface area contributed by atoms with E-state index in [4.69, 9.17) is 9.52 Å². The van der Waals surface area contributed by atoms with E-state index >= 15 is 0 Å². The van der Waals surface area contributed by atoms with Gasteiger partial charge in [0, 0.05) is 24.7 Å². The van der Waals surface area contributed by atoms with Gasteiger partial charge in [0.25, 0.3) is 0 Å². The molecular weight excluding hydrogens is 342 g/mol. The lowest BCUT2D eigenvalue weighted by Gasteiger charge is -2.32. The van der Waals surface area contributed by atoms with Crippen LogP contribution in [0.2, 0.25) is 0 Å². The zero-order chi connectivity index (χ0) is 20.1. The van der Waals surface area contributed by atoms with E-state index in [0.29, 0.717) is 18.7 Å². The smallest absolute Gasteiger partial charge is 0.234 e. The molecule has 3 atom stereocenters. The quantitative estimate of drug-likeness (QED) is 0.875. The molecule has 27 heavy (non-hydrogen) atoms. The van der Waals surface area contributed by atoms with Crippen molar-refractivity contribution in [2.24, 2.45) is 16.3 Å². The Kier molecular flexibility index (Phi) is 5.00. The van der Waals surface area contributed by atoms with Gasteiger partial charge >= 0.3 is 0 Å². The summed E-state index contributed by atoms with van der Waals surface area (Å²) < 4.78 is 5.43. The Hall–Kier alpha value is -1.69. The highest BCUT2D eigenvalue weighted by atomic mass is 16.5. The Morgan fingerprint density at radius 2 is 2.00 bits per heavy atom. The molecule has 0 saturated carbocycles. The molecule has 3 rings (SSSR count). The molecule has 1 N–H and O–H groups in total. The first-order chi connectivity index (χ1) is 12.4. The van der Waals surface area contributed by atoms with Crippen molar-refractivity contribution in [2.75, 3.05) is 6.54 Å². The van der Waals surface area contributed by atoms with Crippen LogP contribution in [0.4, 0.5) is 0 Å². The molecule has 1 saturated heterocycles. The molecule has 0 aliphatic carbocycles. The topological polar surface area (TPSA) is 78.9 Å².